The fraction of sp³-hybridized carbons (Fsp3) is 0.0682. The van der Waals surface area contributed by atoms with E-state index in [0.29, 0.717) is 28.2 Å². The van der Waals surface area contributed by atoms with Crippen LogP contribution in [-0.4, -0.2) is 33.6 Å². The van der Waals surface area contributed by atoms with Gasteiger partial charge in [0.1, 0.15) is 11.5 Å². The number of anilines is 3. The average Bonchev–Trinajstić information content (AvgIpc) is 3.19. The lowest BCUT2D eigenvalue weighted by molar-refractivity contribution is -0.0504. The summed E-state index contributed by atoms with van der Waals surface area (Å²) in [6.07, 6.45) is 6.72. The van der Waals surface area contributed by atoms with E-state index in [1.54, 1.807) is 6.07 Å². The molecule has 0 fully saturated rings. The van der Waals surface area contributed by atoms with Crippen molar-refractivity contribution >= 4 is 67.3 Å². The van der Waals surface area contributed by atoms with Crippen LogP contribution in [0.15, 0.2) is 146 Å². The first-order valence-electron chi connectivity index (χ1n) is 17.8. The van der Waals surface area contributed by atoms with Crippen LogP contribution in [0, 0.1) is 12.3 Å². The van der Waals surface area contributed by atoms with Gasteiger partial charge in [-0.3, -0.25) is 5.41 Å². The molecule has 18 heteroatoms. The highest BCUT2D eigenvalue weighted by atomic mass is 32.2. The van der Waals surface area contributed by atoms with Crippen LogP contribution in [0.5, 0.6) is 11.5 Å². The minimum absolute atomic E-state index is 0.257. The van der Waals surface area contributed by atoms with Crippen LogP contribution in [0.3, 0.4) is 0 Å². The molecule has 0 saturated carbocycles. The number of benzene rings is 6. The summed E-state index contributed by atoms with van der Waals surface area (Å²) in [5.74, 6) is -1.16. The van der Waals surface area contributed by atoms with Gasteiger partial charge >= 0.3 is 31.3 Å². The average molecular weight is 897 g/mol. The molecule has 0 aliphatic rings. The highest BCUT2D eigenvalue weighted by Crippen LogP contribution is 2.30. The first-order valence-corrected chi connectivity index (χ1v) is 20.6. The first kappa shape index (κ1) is 47.6. The van der Waals surface area contributed by atoms with Gasteiger partial charge < -0.3 is 25.6 Å². The molecule has 0 atom stereocenters. The van der Waals surface area contributed by atoms with Gasteiger partial charge in [0, 0.05) is 17.1 Å². The Hall–Kier alpha value is -7.05. The van der Waals surface area contributed by atoms with Gasteiger partial charge in [0.25, 0.3) is 0 Å². The minimum Gasteiger partial charge on any atom is -0.399 e. The Balaban J connectivity index is 0.000000227. The van der Waals surface area contributed by atoms with Gasteiger partial charge in [0.2, 0.25) is 0 Å². The molecule has 6 rings (SSSR count). The summed E-state index contributed by atoms with van der Waals surface area (Å²) in [5.41, 5.74) is 13.5. The largest absolute Gasteiger partial charge is 0.534 e. The number of alkyl halides is 6. The molecule has 0 aromatic heterocycles. The topological polar surface area (TPSA) is 189 Å². The summed E-state index contributed by atoms with van der Waals surface area (Å²) in [7, 11) is -11.7. The van der Waals surface area contributed by atoms with Crippen LogP contribution >= 0.6 is 0 Å². The summed E-state index contributed by atoms with van der Waals surface area (Å²) in [5, 5.41) is 7.97. The normalized spacial score (nSPS) is 11.9. The molecule has 0 amide bonds. The predicted molar refractivity (Wildman–Crippen MR) is 232 cm³/mol. The van der Waals surface area contributed by atoms with Gasteiger partial charge in [-0.25, -0.2) is 0 Å². The van der Waals surface area contributed by atoms with Crippen molar-refractivity contribution in [3.05, 3.63) is 185 Å². The molecule has 6 aromatic carbocycles. The van der Waals surface area contributed by atoms with E-state index in [-0.39, 0.29) is 5.56 Å². The highest BCUT2D eigenvalue weighted by Gasteiger charge is 2.49. The maximum atomic E-state index is 12.5. The molecule has 0 spiro atoms. The smallest absolute Gasteiger partial charge is 0.399 e. The van der Waals surface area contributed by atoms with Crippen molar-refractivity contribution in [2.24, 2.45) is 0 Å². The van der Waals surface area contributed by atoms with E-state index in [1.807, 2.05) is 109 Å². The Bertz CT molecular complexity index is 2670. The van der Waals surface area contributed by atoms with Crippen LogP contribution in [0.25, 0.3) is 24.3 Å². The quantitative estimate of drug-likeness (QED) is 0.0259. The van der Waals surface area contributed by atoms with Gasteiger partial charge in [-0.05, 0) is 100 Å². The second-order valence-corrected chi connectivity index (χ2v) is 16.1. The molecular formula is C44H38F6N4O6S2. The van der Waals surface area contributed by atoms with Gasteiger partial charge in [-0.1, -0.05) is 115 Å². The summed E-state index contributed by atoms with van der Waals surface area (Å²) in [4.78, 5) is 0. The minimum atomic E-state index is -5.85. The zero-order valence-electron chi connectivity index (χ0n) is 32.4. The number of hydrogen-bond acceptors (Lipinski definition) is 10. The third kappa shape index (κ3) is 14.6. The number of nitrogen functional groups attached to an aromatic ring is 3. The summed E-state index contributed by atoms with van der Waals surface area (Å²) >= 11 is 0. The van der Waals surface area contributed by atoms with E-state index in [9.17, 15) is 43.2 Å². The number of aryl methyl sites for hydroxylation is 1. The molecule has 0 saturated heterocycles. The third-order valence-corrected chi connectivity index (χ3v) is 9.89. The summed E-state index contributed by atoms with van der Waals surface area (Å²) in [6.45, 7) is 1.48. The SMILES string of the molecule is Cc1cc(/C=C/c2ccc(OS(=O)(=O)C(F)(F)F)cc2)cc(OS(=O)(=O)C(F)(F)F)c1.N=C(c1ccccc1)c1ccccc1.Nc1ccc(/C=C/c2cc(N)cc(N)c2)cc1. The Morgan fingerprint density at radius 3 is 1.31 bits per heavy atom. The molecule has 0 bridgehead atoms. The molecule has 324 valence electrons. The van der Waals surface area contributed by atoms with Crippen LogP contribution in [0.2, 0.25) is 0 Å². The van der Waals surface area contributed by atoms with E-state index in [0.717, 1.165) is 52.2 Å². The van der Waals surface area contributed by atoms with Gasteiger partial charge in [-0.15, -0.1) is 0 Å². The Kier molecular flexibility index (Phi) is 15.7. The van der Waals surface area contributed by atoms with Crippen molar-refractivity contribution in [2.75, 3.05) is 17.2 Å². The van der Waals surface area contributed by atoms with Gasteiger partial charge in [-0.2, -0.15) is 43.2 Å². The number of nitrogens with one attached hydrogen (secondary N) is 1. The van der Waals surface area contributed by atoms with E-state index < -0.39 is 42.8 Å². The lowest BCUT2D eigenvalue weighted by Gasteiger charge is -2.10. The van der Waals surface area contributed by atoms with Gasteiger partial charge in [0.05, 0.1) is 5.71 Å². The lowest BCUT2D eigenvalue weighted by Crippen LogP contribution is -2.28. The molecule has 10 nitrogen and oxygen atoms in total. The van der Waals surface area contributed by atoms with Crippen molar-refractivity contribution in [1.82, 2.24) is 0 Å². The Morgan fingerprint density at radius 1 is 0.484 bits per heavy atom. The summed E-state index contributed by atoms with van der Waals surface area (Å²) in [6, 6.07) is 40.7. The molecule has 62 heavy (non-hydrogen) atoms. The molecule has 0 unspecified atom stereocenters. The van der Waals surface area contributed by atoms with E-state index in [1.165, 1.54) is 37.3 Å². The van der Waals surface area contributed by atoms with Crippen LogP contribution in [-0.2, 0) is 20.2 Å². The monoisotopic (exact) mass is 896 g/mol. The Morgan fingerprint density at radius 2 is 0.871 bits per heavy atom. The fourth-order valence-corrected chi connectivity index (χ4v) is 5.97. The second kappa shape index (κ2) is 20.5. The van der Waals surface area contributed by atoms with Gasteiger partial charge in [0.15, 0.2) is 0 Å². The van der Waals surface area contributed by atoms with Crippen LogP contribution in [0.1, 0.15) is 38.9 Å². The van der Waals surface area contributed by atoms with E-state index in [4.69, 9.17) is 22.6 Å². The molecule has 7 N–H and O–H groups in total. The number of rotatable bonds is 10. The summed E-state index contributed by atoms with van der Waals surface area (Å²) < 4.78 is 126. The predicted octanol–water partition coefficient (Wildman–Crippen LogP) is 10.3. The van der Waals surface area contributed by atoms with Crippen molar-refractivity contribution in [1.29, 1.82) is 5.41 Å². The van der Waals surface area contributed by atoms with Crippen molar-refractivity contribution in [3.8, 4) is 11.5 Å². The number of hydrogen-bond donors (Lipinski definition) is 4. The zero-order chi connectivity index (χ0) is 45.7. The maximum Gasteiger partial charge on any atom is 0.534 e. The number of nitrogens with two attached hydrogens (primary N) is 3. The van der Waals surface area contributed by atoms with Crippen LogP contribution in [0.4, 0.5) is 43.4 Å². The van der Waals surface area contributed by atoms with Crippen molar-refractivity contribution in [2.45, 2.75) is 17.9 Å². The first-order chi connectivity index (χ1) is 29.0. The third-order valence-electron chi connectivity index (χ3n) is 7.93. The molecule has 0 heterocycles. The molecule has 0 radical (unpaired) electrons. The second-order valence-electron chi connectivity index (χ2n) is 13.0. The molecule has 0 aliphatic carbocycles. The molecule has 0 aliphatic heterocycles. The zero-order valence-corrected chi connectivity index (χ0v) is 34.1. The highest BCUT2D eigenvalue weighted by molar-refractivity contribution is 7.88. The van der Waals surface area contributed by atoms with Crippen LogP contribution < -0.4 is 25.6 Å². The van der Waals surface area contributed by atoms with E-state index >= 15 is 0 Å². The standard InChI is InChI=1S/C17H12F6O6S2.C14H15N3.C13H11N/c1-11-8-13(10-15(9-11)29-31(26,27)17(21,22)23)3-2-12-4-6-14(7-5-12)28-30(24,25)16(18,19)20;15-12-5-3-10(4-6-12)1-2-11-7-13(16)9-14(17)8-11;14-13(11-7-3-1-4-8-11)12-9-5-2-6-10-12/h2-10H,1H3;1-9H,15-17H2;1-10,14H/b3-2+;2-1+;. The Labute approximate surface area is 354 Å². The van der Waals surface area contributed by atoms with E-state index in [2.05, 4.69) is 8.37 Å². The van der Waals surface area contributed by atoms with Crippen molar-refractivity contribution < 1.29 is 51.5 Å². The molecule has 6 aromatic rings. The number of halogens is 6. The fourth-order valence-electron chi connectivity index (χ4n) is 5.07. The maximum absolute atomic E-state index is 12.5. The van der Waals surface area contributed by atoms with Crippen molar-refractivity contribution in [3.63, 3.8) is 0 Å². The lowest BCUT2D eigenvalue weighted by atomic mass is 10.0. The molecular weight excluding hydrogens is 859 g/mol.